The highest BCUT2D eigenvalue weighted by molar-refractivity contribution is 5.77. The number of rotatable bonds is 6. The number of hydrogen-bond donors (Lipinski definition) is 2. The van der Waals surface area contributed by atoms with Crippen LogP contribution in [0.1, 0.15) is 27.2 Å². The molecule has 0 rings (SSSR count). The number of aliphatic hydroxyl groups is 1. The fourth-order valence-electron chi connectivity index (χ4n) is 1.17. The highest BCUT2D eigenvalue weighted by atomic mass is 16.3. The molecular weight excluding hydrogens is 180 g/mol. The Morgan fingerprint density at radius 2 is 2.07 bits per heavy atom. The third-order valence-corrected chi connectivity index (χ3v) is 2.20. The van der Waals surface area contributed by atoms with E-state index in [1.807, 2.05) is 13.8 Å². The van der Waals surface area contributed by atoms with Crippen LogP contribution in [0.2, 0.25) is 0 Å². The average Bonchev–Trinajstić information content (AvgIpc) is 2.11. The van der Waals surface area contributed by atoms with E-state index in [4.69, 9.17) is 5.11 Å². The summed E-state index contributed by atoms with van der Waals surface area (Å²) in [7, 11) is 1.78. The molecule has 0 aromatic heterocycles. The van der Waals surface area contributed by atoms with Gasteiger partial charge in [-0.05, 0) is 27.2 Å². The van der Waals surface area contributed by atoms with E-state index in [2.05, 4.69) is 5.32 Å². The highest BCUT2D eigenvalue weighted by Crippen LogP contribution is 1.96. The quantitative estimate of drug-likeness (QED) is 0.647. The van der Waals surface area contributed by atoms with Gasteiger partial charge in [-0.3, -0.25) is 4.79 Å². The van der Waals surface area contributed by atoms with Gasteiger partial charge in [0.2, 0.25) is 5.91 Å². The molecule has 2 atom stereocenters. The summed E-state index contributed by atoms with van der Waals surface area (Å²) < 4.78 is 0. The summed E-state index contributed by atoms with van der Waals surface area (Å²) in [6.07, 6.45) is 0.347. The van der Waals surface area contributed by atoms with Gasteiger partial charge >= 0.3 is 0 Å². The normalized spacial score (nSPS) is 14.9. The van der Waals surface area contributed by atoms with Gasteiger partial charge < -0.3 is 15.3 Å². The van der Waals surface area contributed by atoms with Crippen LogP contribution >= 0.6 is 0 Å². The summed E-state index contributed by atoms with van der Waals surface area (Å²) in [5.74, 6) is 0.0879. The fraction of sp³-hybridized carbons (Fsp3) is 0.900. The maximum atomic E-state index is 11.4. The molecule has 0 aliphatic carbocycles. The molecule has 0 heterocycles. The Hall–Kier alpha value is -0.610. The van der Waals surface area contributed by atoms with E-state index < -0.39 is 0 Å². The van der Waals surface area contributed by atoms with E-state index in [0.29, 0.717) is 13.0 Å². The standard InChI is InChI=1S/C10H22N2O2/c1-5-12(4)10(14)7-11-8(2)6-9(3)13/h8-9,11,13H,5-7H2,1-4H3. The zero-order valence-electron chi connectivity index (χ0n) is 9.58. The number of carbonyl (C=O) groups is 1. The maximum absolute atomic E-state index is 11.4. The van der Waals surface area contributed by atoms with Crippen LogP contribution in [0.3, 0.4) is 0 Å². The van der Waals surface area contributed by atoms with Crippen LogP contribution in [-0.4, -0.2) is 48.2 Å². The van der Waals surface area contributed by atoms with Crippen molar-refractivity contribution in [3.63, 3.8) is 0 Å². The molecule has 0 aromatic rings. The Kier molecular flexibility index (Phi) is 6.49. The Bertz CT molecular complexity index is 172. The van der Waals surface area contributed by atoms with Crippen molar-refractivity contribution >= 4 is 5.91 Å². The number of likely N-dealkylation sites (N-methyl/N-ethyl adjacent to an activating group) is 1. The molecule has 2 N–H and O–H groups in total. The molecule has 0 fully saturated rings. The van der Waals surface area contributed by atoms with Gasteiger partial charge in [-0.15, -0.1) is 0 Å². The molecule has 1 amide bonds. The topological polar surface area (TPSA) is 52.6 Å². The van der Waals surface area contributed by atoms with Crippen LogP contribution in [0, 0.1) is 0 Å². The number of carbonyl (C=O) groups excluding carboxylic acids is 1. The third kappa shape index (κ3) is 5.94. The third-order valence-electron chi connectivity index (χ3n) is 2.20. The van der Waals surface area contributed by atoms with Gasteiger partial charge in [0.1, 0.15) is 0 Å². The number of nitrogens with one attached hydrogen (secondary N) is 1. The minimum atomic E-state index is -0.323. The first-order valence-electron chi connectivity index (χ1n) is 5.12. The molecule has 0 bridgehead atoms. The van der Waals surface area contributed by atoms with Crippen LogP contribution in [0.15, 0.2) is 0 Å². The predicted octanol–water partition coefficient (Wildman–Crippen LogP) is 0.214. The van der Waals surface area contributed by atoms with Crippen LogP contribution in [0.4, 0.5) is 0 Å². The lowest BCUT2D eigenvalue weighted by Gasteiger charge is -2.18. The van der Waals surface area contributed by atoms with E-state index in [9.17, 15) is 4.79 Å². The molecule has 0 aliphatic rings. The van der Waals surface area contributed by atoms with Crippen LogP contribution in [0.25, 0.3) is 0 Å². The first kappa shape index (κ1) is 13.4. The highest BCUT2D eigenvalue weighted by Gasteiger charge is 2.09. The smallest absolute Gasteiger partial charge is 0.236 e. The summed E-state index contributed by atoms with van der Waals surface area (Å²) in [5.41, 5.74) is 0. The molecule has 0 saturated heterocycles. The second-order valence-electron chi connectivity index (χ2n) is 3.77. The minimum absolute atomic E-state index is 0.0879. The van der Waals surface area contributed by atoms with Crippen molar-refractivity contribution in [3.05, 3.63) is 0 Å². The second-order valence-corrected chi connectivity index (χ2v) is 3.77. The van der Waals surface area contributed by atoms with Gasteiger partial charge in [0.05, 0.1) is 12.6 Å². The minimum Gasteiger partial charge on any atom is -0.393 e. The van der Waals surface area contributed by atoms with Gasteiger partial charge in [0.25, 0.3) is 0 Å². The van der Waals surface area contributed by atoms with E-state index in [-0.39, 0.29) is 18.1 Å². The zero-order chi connectivity index (χ0) is 11.1. The molecule has 2 unspecified atom stereocenters. The van der Waals surface area contributed by atoms with Crippen molar-refractivity contribution in [1.29, 1.82) is 0 Å². The van der Waals surface area contributed by atoms with Crippen molar-refractivity contribution in [2.45, 2.75) is 39.3 Å². The monoisotopic (exact) mass is 202 g/mol. The SMILES string of the molecule is CCN(C)C(=O)CNC(C)CC(C)O. The van der Waals surface area contributed by atoms with Crippen molar-refractivity contribution in [2.75, 3.05) is 20.1 Å². The van der Waals surface area contributed by atoms with E-state index >= 15 is 0 Å². The average molecular weight is 202 g/mol. The summed E-state index contributed by atoms with van der Waals surface area (Å²) in [6, 6.07) is 0.171. The summed E-state index contributed by atoms with van der Waals surface area (Å²) in [4.78, 5) is 13.0. The van der Waals surface area contributed by atoms with Gasteiger partial charge in [-0.1, -0.05) is 0 Å². The molecule has 0 aliphatic heterocycles. The largest absolute Gasteiger partial charge is 0.393 e. The Morgan fingerprint density at radius 3 is 2.50 bits per heavy atom. The molecule has 4 nitrogen and oxygen atoms in total. The van der Waals surface area contributed by atoms with Crippen LogP contribution in [0.5, 0.6) is 0 Å². The van der Waals surface area contributed by atoms with E-state index in [1.54, 1.807) is 18.9 Å². The number of aliphatic hydroxyl groups excluding tert-OH is 1. The first-order chi connectivity index (χ1) is 6.47. The summed E-state index contributed by atoms with van der Waals surface area (Å²) in [6.45, 7) is 6.73. The summed E-state index contributed by atoms with van der Waals surface area (Å²) >= 11 is 0. The molecule has 14 heavy (non-hydrogen) atoms. The Morgan fingerprint density at radius 1 is 1.50 bits per heavy atom. The van der Waals surface area contributed by atoms with E-state index in [1.165, 1.54) is 0 Å². The van der Waals surface area contributed by atoms with Crippen molar-refractivity contribution in [1.82, 2.24) is 10.2 Å². The predicted molar refractivity (Wildman–Crippen MR) is 57.1 cm³/mol. The molecule has 0 aromatic carbocycles. The fourth-order valence-corrected chi connectivity index (χ4v) is 1.17. The summed E-state index contributed by atoms with van der Waals surface area (Å²) in [5, 5.41) is 12.2. The van der Waals surface area contributed by atoms with Crippen LogP contribution < -0.4 is 5.32 Å². The van der Waals surface area contributed by atoms with E-state index in [0.717, 1.165) is 6.54 Å². The number of hydrogen-bond acceptors (Lipinski definition) is 3. The van der Waals surface area contributed by atoms with Gasteiger partial charge in [-0.2, -0.15) is 0 Å². The van der Waals surface area contributed by atoms with Gasteiger partial charge in [0, 0.05) is 19.6 Å². The van der Waals surface area contributed by atoms with Gasteiger partial charge in [-0.25, -0.2) is 0 Å². The maximum Gasteiger partial charge on any atom is 0.236 e. The lowest BCUT2D eigenvalue weighted by molar-refractivity contribution is -0.128. The lowest BCUT2D eigenvalue weighted by Crippen LogP contribution is -2.39. The van der Waals surface area contributed by atoms with Crippen molar-refractivity contribution in [3.8, 4) is 0 Å². The van der Waals surface area contributed by atoms with Crippen molar-refractivity contribution in [2.24, 2.45) is 0 Å². The van der Waals surface area contributed by atoms with Crippen LogP contribution in [-0.2, 0) is 4.79 Å². The molecular formula is C10H22N2O2. The lowest BCUT2D eigenvalue weighted by atomic mass is 10.1. The Balaban J connectivity index is 3.66. The molecule has 4 heteroatoms. The second kappa shape index (κ2) is 6.79. The first-order valence-corrected chi connectivity index (χ1v) is 5.12. The number of nitrogens with zero attached hydrogens (tertiary/aromatic N) is 1. The van der Waals surface area contributed by atoms with Crippen molar-refractivity contribution < 1.29 is 9.90 Å². The molecule has 0 saturated carbocycles. The molecule has 0 spiro atoms. The number of amides is 1. The van der Waals surface area contributed by atoms with Gasteiger partial charge in [0.15, 0.2) is 0 Å². The molecule has 0 radical (unpaired) electrons. The molecule has 84 valence electrons. The Labute approximate surface area is 86.3 Å². The zero-order valence-corrected chi connectivity index (χ0v) is 9.58.